The Morgan fingerprint density at radius 3 is 2.93 bits per heavy atom. The van der Waals surface area contributed by atoms with Crippen LogP contribution >= 0.6 is 0 Å². The predicted molar refractivity (Wildman–Crippen MR) is 60.4 cm³/mol. The van der Waals surface area contributed by atoms with E-state index in [-0.39, 0.29) is 0 Å². The van der Waals surface area contributed by atoms with Gasteiger partial charge in [0.15, 0.2) is 5.96 Å². The predicted octanol–water partition coefficient (Wildman–Crippen LogP) is 0.252. The van der Waals surface area contributed by atoms with E-state index < -0.39 is 0 Å². The fourth-order valence-corrected chi connectivity index (χ4v) is 1.81. The molecular weight excluding hydrogens is 176 g/mol. The molecule has 0 aromatic rings. The molecule has 82 valence electrons. The van der Waals surface area contributed by atoms with Crippen LogP contribution in [0.4, 0.5) is 0 Å². The van der Waals surface area contributed by atoms with Gasteiger partial charge in [-0.05, 0) is 32.4 Å². The summed E-state index contributed by atoms with van der Waals surface area (Å²) >= 11 is 0. The van der Waals surface area contributed by atoms with Gasteiger partial charge in [-0.25, -0.2) is 0 Å². The van der Waals surface area contributed by atoms with E-state index in [9.17, 15) is 0 Å². The van der Waals surface area contributed by atoms with E-state index in [0.29, 0.717) is 11.9 Å². The summed E-state index contributed by atoms with van der Waals surface area (Å²) in [7, 11) is 0. The first-order valence-electron chi connectivity index (χ1n) is 5.52. The lowest BCUT2D eigenvalue weighted by Gasteiger charge is -2.11. The normalized spacial score (nSPS) is 24.1. The molecule has 0 bridgehead atoms. The summed E-state index contributed by atoms with van der Waals surface area (Å²) in [6.07, 6.45) is 1.26. The molecule has 3 N–H and O–H groups in total. The summed E-state index contributed by atoms with van der Waals surface area (Å²) in [6.45, 7) is 9.51. The third kappa shape index (κ3) is 3.54. The van der Waals surface area contributed by atoms with Crippen molar-refractivity contribution in [3.63, 3.8) is 0 Å². The second kappa shape index (κ2) is 5.86. The Bertz CT molecular complexity index is 191. The summed E-state index contributed by atoms with van der Waals surface area (Å²) in [5, 5.41) is 3.01. The molecule has 0 aromatic carbocycles. The zero-order chi connectivity index (χ0) is 10.4. The molecule has 1 atom stereocenters. The Kier molecular flexibility index (Phi) is 4.73. The van der Waals surface area contributed by atoms with Crippen LogP contribution < -0.4 is 11.1 Å². The summed E-state index contributed by atoms with van der Waals surface area (Å²) < 4.78 is 0. The number of hydrogen-bond donors (Lipinski definition) is 2. The van der Waals surface area contributed by atoms with Gasteiger partial charge in [-0.2, -0.15) is 0 Å². The van der Waals surface area contributed by atoms with E-state index in [1.807, 2.05) is 6.92 Å². The van der Waals surface area contributed by atoms with Crippen LogP contribution in [0.1, 0.15) is 20.3 Å². The van der Waals surface area contributed by atoms with Crippen LogP contribution in [0.25, 0.3) is 0 Å². The van der Waals surface area contributed by atoms with Crippen LogP contribution in [0.2, 0.25) is 0 Å². The number of guanidine groups is 1. The van der Waals surface area contributed by atoms with Gasteiger partial charge >= 0.3 is 0 Å². The molecule has 0 saturated carbocycles. The number of nitrogens with zero attached hydrogens (tertiary/aromatic N) is 2. The van der Waals surface area contributed by atoms with E-state index in [4.69, 9.17) is 5.73 Å². The Balaban J connectivity index is 2.22. The maximum atomic E-state index is 5.65. The summed E-state index contributed by atoms with van der Waals surface area (Å²) in [5.41, 5.74) is 5.65. The Labute approximate surface area is 86.6 Å². The second-order valence-electron chi connectivity index (χ2n) is 3.80. The van der Waals surface area contributed by atoms with E-state index in [0.717, 1.165) is 19.6 Å². The van der Waals surface area contributed by atoms with E-state index in [1.54, 1.807) is 0 Å². The molecule has 1 saturated heterocycles. The molecule has 0 aliphatic carbocycles. The fraction of sp³-hybridized carbons (Fsp3) is 0.900. The minimum atomic E-state index is 0.586. The molecule has 0 spiro atoms. The Hall–Kier alpha value is -0.770. The molecule has 1 aliphatic rings. The van der Waals surface area contributed by atoms with E-state index in [1.165, 1.54) is 19.5 Å². The van der Waals surface area contributed by atoms with Gasteiger partial charge < -0.3 is 16.0 Å². The van der Waals surface area contributed by atoms with Gasteiger partial charge in [-0.15, -0.1) is 0 Å². The first kappa shape index (κ1) is 11.3. The first-order chi connectivity index (χ1) is 6.76. The summed E-state index contributed by atoms with van der Waals surface area (Å²) in [5.74, 6) is 1.29. The molecule has 0 amide bonds. The van der Waals surface area contributed by atoms with E-state index >= 15 is 0 Å². The molecule has 4 nitrogen and oxygen atoms in total. The fourth-order valence-electron chi connectivity index (χ4n) is 1.81. The van der Waals surface area contributed by atoms with Gasteiger partial charge in [0.2, 0.25) is 0 Å². The van der Waals surface area contributed by atoms with Crippen LogP contribution in [0.5, 0.6) is 0 Å². The number of hydrogen-bond acceptors (Lipinski definition) is 2. The van der Waals surface area contributed by atoms with Gasteiger partial charge in [0.05, 0.1) is 0 Å². The third-order valence-electron chi connectivity index (χ3n) is 2.69. The Morgan fingerprint density at radius 1 is 1.57 bits per heavy atom. The maximum Gasteiger partial charge on any atom is 0.188 e. The number of nitrogens with two attached hydrogens (primary N) is 1. The molecule has 4 heteroatoms. The molecule has 1 rings (SSSR count). The average molecular weight is 198 g/mol. The zero-order valence-electron chi connectivity index (χ0n) is 9.29. The number of aliphatic imine (C=N–C) groups is 1. The van der Waals surface area contributed by atoms with Gasteiger partial charge in [0.25, 0.3) is 0 Å². The van der Waals surface area contributed by atoms with Crippen LogP contribution in [0.3, 0.4) is 0 Å². The van der Waals surface area contributed by atoms with Crippen molar-refractivity contribution in [2.75, 3.05) is 32.7 Å². The number of likely N-dealkylation sites (tertiary alicyclic amines) is 1. The highest BCUT2D eigenvalue weighted by Crippen LogP contribution is 2.15. The number of nitrogens with one attached hydrogen (secondary N) is 1. The van der Waals surface area contributed by atoms with Crippen LogP contribution in [-0.4, -0.2) is 43.6 Å². The maximum absolute atomic E-state index is 5.65. The largest absolute Gasteiger partial charge is 0.370 e. The van der Waals surface area contributed by atoms with Gasteiger partial charge in [-0.3, -0.25) is 4.99 Å². The van der Waals surface area contributed by atoms with Crippen molar-refractivity contribution < 1.29 is 0 Å². The minimum absolute atomic E-state index is 0.586. The van der Waals surface area contributed by atoms with Gasteiger partial charge in [0.1, 0.15) is 0 Å². The first-order valence-corrected chi connectivity index (χ1v) is 5.52. The number of rotatable bonds is 4. The highest BCUT2D eigenvalue weighted by atomic mass is 15.1. The lowest BCUT2D eigenvalue weighted by atomic mass is 10.1. The monoisotopic (exact) mass is 198 g/mol. The SMILES string of the molecule is CCNC(N)=NCC1CCN(CC)C1. The smallest absolute Gasteiger partial charge is 0.188 e. The topological polar surface area (TPSA) is 53.6 Å². The van der Waals surface area contributed by atoms with Crippen molar-refractivity contribution in [3.8, 4) is 0 Å². The van der Waals surface area contributed by atoms with Gasteiger partial charge in [-0.1, -0.05) is 6.92 Å². The van der Waals surface area contributed by atoms with Crippen LogP contribution in [-0.2, 0) is 0 Å². The molecule has 1 heterocycles. The second-order valence-corrected chi connectivity index (χ2v) is 3.80. The van der Waals surface area contributed by atoms with Gasteiger partial charge in [0, 0.05) is 19.6 Å². The molecule has 1 aliphatic heterocycles. The van der Waals surface area contributed by atoms with Crippen molar-refractivity contribution >= 4 is 5.96 Å². The van der Waals surface area contributed by atoms with Crippen molar-refractivity contribution in [2.45, 2.75) is 20.3 Å². The molecule has 0 aromatic heterocycles. The zero-order valence-corrected chi connectivity index (χ0v) is 9.29. The van der Waals surface area contributed by atoms with Crippen molar-refractivity contribution in [1.29, 1.82) is 0 Å². The minimum Gasteiger partial charge on any atom is -0.370 e. The Morgan fingerprint density at radius 2 is 2.36 bits per heavy atom. The molecule has 1 fully saturated rings. The molecule has 0 radical (unpaired) electrons. The molecule has 14 heavy (non-hydrogen) atoms. The molecule has 1 unspecified atom stereocenters. The lowest BCUT2D eigenvalue weighted by molar-refractivity contribution is 0.343. The lowest BCUT2D eigenvalue weighted by Crippen LogP contribution is -2.32. The standard InChI is InChI=1S/C10H22N4/c1-3-12-10(11)13-7-9-5-6-14(4-2)8-9/h9H,3-8H2,1-2H3,(H3,11,12,13). The van der Waals surface area contributed by atoms with E-state index in [2.05, 4.69) is 22.1 Å². The van der Waals surface area contributed by atoms with Crippen LogP contribution in [0, 0.1) is 5.92 Å². The summed E-state index contributed by atoms with van der Waals surface area (Å²) in [4.78, 5) is 6.78. The molecular formula is C10H22N4. The van der Waals surface area contributed by atoms with Crippen LogP contribution in [0.15, 0.2) is 4.99 Å². The highest BCUT2D eigenvalue weighted by Gasteiger charge is 2.20. The van der Waals surface area contributed by atoms with Crippen molar-refractivity contribution in [1.82, 2.24) is 10.2 Å². The average Bonchev–Trinajstić information content (AvgIpc) is 2.63. The van der Waals surface area contributed by atoms with Crippen molar-refractivity contribution in [3.05, 3.63) is 0 Å². The summed E-state index contributed by atoms with van der Waals surface area (Å²) in [6, 6.07) is 0. The quantitative estimate of drug-likeness (QED) is 0.503. The third-order valence-corrected chi connectivity index (χ3v) is 2.69. The highest BCUT2D eigenvalue weighted by molar-refractivity contribution is 5.77. The van der Waals surface area contributed by atoms with Crippen molar-refractivity contribution in [2.24, 2.45) is 16.6 Å².